The fourth-order valence-electron chi connectivity index (χ4n) is 2.37. The molecular formula is C13H16ClN3O4. The van der Waals surface area contributed by atoms with Crippen LogP contribution in [0.4, 0.5) is 11.4 Å². The second-order valence-electron chi connectivity index (χ2n) is 5.13. The van der Waals surface area contributed by atoms with Gasteiger partial charge in [-0.1, -0.05) is 11.6 Å². The molecule has 1 fully saturated rings. The Kier molecular flexibility index (Phi) is 4.64. The van der Waals surface area contributed by atoms with Gasteiger partial charge >= 0.3 is 5.97 Å². The number of nitrogens with zero attached hydrogens (tertiary/aromatic N) is 2. The lowest BCUT2D eigenvalue weighted by Gasteiger charge is -2.30. The van der Waals surface area contributed by atoms with Crippen molar-refractivity contribution in [3.63, 3.8) is 0 Å². The van der Waals surface area contributed by atoms with Crippen molar-refractivity contribution in [1.82, 2.24) is 4.90 Å². The molecule has 1 aliphatic rings. The van der Waals surface area contributed by atoms with Gasteiger partial charge in [-0.05, 0) is 33.0 Å². The lowest BCUT2D eigenvalue weighted by molar-refractivity contribution is -0.384. The van der Waals surface area contributed by atoms with Crippen molar-refractivity contribution >= 4 is 28.9 Å². The molecule has 0 radical (unpaired) electrons. The summed E-state index contributed by atoms with van der Waals surface area (Å²) in [5, 5.41) is 23.2. The molecule has 114 valence electrons. The van der Waals surface area contributed by atoms with E-state index in [1.54, 1.807) is 0 Å². The second kappa shape index (κ2) is 6.28. The van der Waals surface area contributed by atoms with Gasteiger partial charge in [0, 0.05) is 18.2 Å². The highest BCUT2D eigenvalue weighted by Gasteiger charge is 2.23. The molecule has 2 N–H and O–H groups in total. The number of hydrogen-bond donors (Lipinski definition) is 2. The first-order valence-electron chi connectivity index (χ1n) is 6.55. The quantitative estimate of drug-likeness (QED) is 0.655. The molecule has 8 heteroatoms. The molecule has 1 saturated heterocycles. The summed E-state index contributed by atoms with van der Waals surface area (Å²) in [6, 6.07) is 2.31. The van der Waals surface area contributed by atoms with Gasteiger partial charge in [-0.3, -0.25) is 10.1 Å². The monoisotopic (exact) mass is 313 g/mol. The van der Waals surface area contributed by atoms with Crippen LogP contribution in [0.2, 0.25) is 5.02 Å². The van der Waals surface area contributed by atoms with Gasteiger partial charge in [-0.25, -0.2) is 4.79 Å². The van der Waals surface area contributed by atoms with Crippen molar-refractivity contribution in [1.29, 1.82) is 0 Å². The van der Waals surface area contributed by atoms with Gasteiger partial charge in [0.15, 0.2) is 0 Å². The van der Waals surface area contributed by atoms with Crippen molar-refractivity contribution in [2.75, 3.05) is 25.5 Å². The number of likely N-dealkylation sites (tertiary alicyclic amines) is 1. The average molecular weight is 314 g/mol. The van der Waals surface area contributed by atoms with Crippen LogP contribution in [0.25, 0.3) is 0 Å². The third-order valence-electron chi connectivity index (χ3n) is 3.58. The molecule has 0 amide bonds. The Labute approximate surface area is 126 Å². The zero-order valence-corrected chi connectivity index (χ0v) is 12.3. The summed E-state index contributed by atoms with van der Waals surface area (Å²) in [4.78, 5) is 23.6. The zero-order chi connectivity index (χ0) is 15.6. The number of nitro groups is 1. The number of piperidine rings is 1. The van der Waals surface area contributed by atoms with Gasteiger partial charge < -0.3 is 15.3 Å². The van der Waals surface area contributed by atoms with Crippen LogP contribution in [0.3, 0.4) is 0 Å². The van der Waals surface area contributed by atoms with Crippen LogP contribution in [0, 0.1) is 10.1 Å². The number of nitro benzene ring substituents is 1. The van der Waals surface area contributed by atoms with E-state index in [4.69, 9.17) is 11.6 Å². The Morgan fingerprint density at radius 2 is 2.10 bits per heavy atom. The minimum absolute atomic E-state index is 0.0560. The molecule has 0 aliphatic carbocycles. The molecule has 0 aromatic heterocycles. The largest absolute Gasteiger partial charge is 0.478 e. The molecule has 1 aliphatic heterocycles. The summed E-state index contributed by atoms with van der Waals surface area (Å²) in [7, 11) is 2.03. The van der Waals surface area contributed by atoms with Gasteiger partial charge in [0.2, 0.25) is 0 Å². The maximum atomic E-state index is 11.3. The van der Waals surface area contributed by atoms with Crippen LogP contribution in [-0.2, 0) is 0 Å². The number of hydrogen-bond acceptors (Lipinski definition) is 5. The number of anilines is 1. The smallest absolute Gasteiger partial charge is 0.338 e. The predicted molar refractivity (Wildman–Crippen MR) is 79.2 cm³/mol. The number of nitrogens with one attached hydrogen (secondary N) is 1. The first-order chi connectivity index (χ1) is 9.88. The molecule has 1 aromatic rings. The molecule has 0 saturated carbocycles. The molecule has 7 nitrogen and oxygen atoms in total. The average Bonchev–Trinajstić information content (AvgIpc) is 2.42. The van der Waals surface area contributed by atoms with E-state index in [2.05, 4.69) is 10.2 Å². The molecule has 21 heavy (non-hydrogen) atoms. The third-order valence-corrected chi connectivity index (χ3v) is 3.88. The van der Waals surface area contributed by atoms with E-state index in [0.717, 1.165) is 32.0 Å². The summed E-state index contributed by atoms with van der Waals surface area (Å²) < 4.78 is 0. The fraction of sp³-hybridized carbons (Fsp3) is 0.462. The summed E-state index contributed by atoms with van der Waals surface area (Å²) in [5.74, 6) is -1.24. The van der Waals surface area contributed by atoms with Crippen LogP contribution in [0.15, 0.2) is 12.1 Å². The number of carboxylic acids is 1. The van der Waals surface area contributed by atoms with E-state index in [0.29, 0.717) is 0 Å². The van der Waals surface area contributed by atoms with Gasteiger partial charge in [0.1, 0.15) is 0 Å². The summed E-state index contributed by atoms with van der Waals surface area (Å²) in [6.07, 6.45) is 1.73. The first-order valence-corrected chi connectivity index (χ1v) is 6.92. The lowest BCUT2D eigenvalue weighted by Crippen LogP contribution is -2.37. The van der Waals surface area contributed by atoms with Crippen molar-refractivity contribution in [3.8, 4) is 0 Å². The molecule has 1 aromatic carbocycles. The summed E-state index contributed by atoms with van der Waals surface area (Å²) >= 11 is 6.03. The van der Waals surface area contributed by atoms with E-state index >= 15 is 0 Å². The molecule has 1 heterocycles. The minimum Gasteiger partial charge on any atom is -0.478 e. The highest BCUT2D eigenvalue weighted by Crippen LogP contribution is 2.32. The Balaban J connectivity index is 2.29. The number of rotatable bonds is 4. The van der Waals surface area contributed by atoms with Gasteiger partial charge in [0.25, 0.3) is 5.69 Å². The Hall–Kier alpha value is -1.86. The Bertz CT molecular complexity index is 571. The Morgan fingerprint density at radius 1 is 1.48 bits per heavy atom. The fourth-order valence-corrected chi connectivity index (χ4v) is 2.64. The van der Waals surface area contributed by atoms with Gasteiger partial charge in [0.05, 0.1) is 21.2 Å². The molecule has 0 unspecified atom stereocenters. The SMILES string of the molecule is CN1CCC(Nc2c(Cl)cc([N+](=O)[O-])cc2C(=O)O)CC1. The molecule has 0 spiro atoms. The van der Waals surface area contributed by atoms with E-state index in [1.165, 1.54) is 6.07 Å². The number of aromatic carboxylic acids is 1. The van der Waals surface area contributed by atoms with Crippen LogP contribution < -0.4 is 5.32 Å². The summed E-state index contributed by atoms with van der Waals surface area (Å²) in [6.45, 7) is 1.81. The topological polar surface area (TPSA) is 95.7 Å². The standard InChI is InChI=1S/C13H16ClN3O4/c1-16-4-2-8(3-5-16)15-12-10(13(18)19)6-9(17(20)21)7-11(12)14/h6-8,15H,2-5H2,1H3,(H,18,19). The second-order valence-corrected chi connectivity index (χ2v) is 5.54. The Morgan fingerprint density at radius 3 is 2.62 bits per heavy atom. The number of halogens is 1. The van der Waals surface area contributed by atoms with Crippen molar-refractivity contribution in [3.05, 3.63) is 32.8 Å². The highest BCUT2D eigenvalue weighted by molar-refractivity contribution is 6.34. The van der Waals surface area contributed by atoms with Crippen LogP contribution in [0.1, 0.15) is 23.2 Å². The number of benzene rings is 1. The normalized spacial score (nSPS) is 16.7. The van der Waals surface area contributed by atoms with Crippen LogP contribution >= 0.6 is 11.6 Å². The number of carboxylic acid groups (broad SMARTS) is 1. The number of non-ortho nitro benzene ring substituents is 1. The highest BCUT2D eigenvalue weighted by atomic mass is 35.5. The lowest BCUT2D eigenvalue weighted by atomic mass is 10.0. The van der Waals surface area contributed by atoms with Crippen molar-refractivity contribution < 1.29 is 14.8 Å². The maximum Gasteiger partial charge on any atom is 0.338 e. The molecule has 2 rings (SSSR count). The van der Waals surface area contributed by atoms with E-state index in [-0.39, 0.29) is 28.0 Å². The van der Waals surface area contributed by atoms with Gasteiger partial charge in [-0.15, -0.1) is 0 Å². The van der Waals surface area contributed by atoms with E-state index < -0.39 is 10.9 Å². The van der Waals surface area contributed by atoms with Crippen LogP contribution in [-0.4, -0.2) is 47.1 Å². The van der Waals surface area contributed by atoms with Crippen LogP contribution in [0.5, 0.6) is 0 Å². The van der Waals surface area contributed by atoms with Crippen molar-refractivity contribution in [2.24, 2.45) is 0 Å². The van der Waals surface area contributed by atoms with E-state index in [1.807, 2.05) is 7.05 Å². The van der Waals surface area contributed by atoms with E-state index in [9.17, 15) is 20.0 Å². The maximum absolute atomic E-state index is 11.3. The predicted octanol–water partition coefficient (Wildman–Crippen LogP) is 2.45. The minimum atomic E-state index is -1.24. The molecule has 0 atom stereocenters. The van der Waals surface area contributed by atoms with Crippen molar-refractivity contribution in [2.45, 2.75) is 18.9 Å². The molecule has 0 bridgehead atoms. The van der Waals surface area contributed by atoms with Gasteiger partial charge in [-0.2, -0.15) is 0 Å². The number of carbonyl (C=O) groups is 1. The third kappa shape index (κ3) is 3.62. The summed E-state index contributed by atoms with van der Waals surface area (Å²) in [5.41, 5.74) is -0.247. The zero-order valence-electron chi connectivity index (χ0n) is 11.5. The molecular weight excluding hydrogens is 298 g/mol. The first kappa shape index (κ1) is 15.5.